The summed E-state index contributed by atoms with van der Waals surface area (Å²) in [5, 5.41) is 9.03. The summed E-state index contributed by atoms with van der Waals surface area (Å²) in [6, 6.07) is 2.38. The molecule has 0 amide bonds. The molecule has 1 saturated carbocycles. The highest BCUT2D eigenvalue weighted by atomic mass is 19.2. The van der Waals surface area contributed by atoms with Crippen LogP contribution in [0.15, 0.2) is 12.1 Å². The van der Waals surface area contributed by atoms with Crippen molar-refractivity contribution in [3.8, 4) is 11.5 Å². The molecule has 0 radical (unpaired) electrons. The number of rotatable bonds is 4. The number of ether oxygens (including phenoxy) is 1. The molecule has 0 saturated heterocycles. The Morgan fingerprint density at radius 1 is 1.11 bits per heavy atom. The Balaban J connectivity index is 1.88. The third kappa shape index (κ3) is 3.37. The minimum Gasteiger partial charge on any atom is -0.505 e. The second-order valence-electron chi connectivity index (χ2n) is 5.32. The molecule has 1 fully saturated rings. The molecule has 0 spiro atoms. The number of hydrogen-bond donors (Lipinski definition) is 1. The molecule has 1 aromatic rings. The maximum absolute atomic E-state index is 13.5. The fraction of sp³-hybridized carbons (Fsp3) is 0.600. The topological polar surface area (TPSA) is 29.5 Å². The summed E-state index contributed by atoms with van der Waals surface area (Å²) in [5.74, 6) is -1.94. The van der Waals surface area contributed by atoms with Gasteiger partial charge in [0.25, 0.3) is 0 Å². The standard InChI is InChI=1S/C15H20F2O2/c1-2-10-3-5-11(6-4-10)9-19-13-8-7-12(18)14(16)15(13)17/h7-8,10-11,18H,2-6,9H2,1H3. The predicted molar refractivity (Wildman–Crippen MR) is 69.3 cm³/mol. The van der Waals surface area contributed by atoms with Gasteiger partial charge in [0.15, 0.2) is 11.5 Å². The molecule has 0 bridgehead atoms. The predicted octanol–water partition coefficient (Wildman–Crippen LogP) is 4.27. The molecule has 0 atom stereocenters. The molecule has 106 valence electrons. The number of phenols is 1. The van der Waals surface area contributed by atoms with E-state index in [1.807, 2.05) is 0 Å². The van der Waals surface area contributed by atoms with Gasteiger partial charge in [0, 0.05) is 0 Å². The van der Waals surface area contributed by atoms with Gasteiger partial charge in [-0.3, -0.25) is 0 Å². The first-order valence-corrected chi connectivity index (χ1v) is 6.91. The number of aromatic hydroxyl groups is 1. The maximum atomic E-state index is 13.5. The van der Waals surface area contributed by atoms with E-state index in [0.717, 1.165) is 24.8 Å². The van der Waals surface area contributed by atoms with E-state index >= 15 is 0 Å². The third-order valence-electron chi connectivity index (χ3n) is 4.04. The van der Waals surface area contributed by atoms with Crippen molar-refractivity contribution in [1.29, 1.82) is 0 Å². The maximum Gasteiger partial charge on any atom is 0.204 e. The molecule has 0 aliphatic heterocycles. The van der Waals surface area contributed by atoms with E-state index in [-0.39, 0.29) is 5.75 Å². The average Bonchev–Trinajstić information content (AvgIpc) is 2.45. The highest BCUT2D eigenvalue weighted by Gasteiger charge is 2.21. The largest absolute Gasteiger partial charge is 0.505 e. The molecule has 0 unspecified atom stereocenters. The van der Waals surface area contributed by atoms with Crippen LogP contribution in [0.5, 0.6) is 11.5 Å². The average molecular weight is 270 g/mol. The lowest BCUT2D eigenvalue weighted by molar-refractivity contribution is 0.175. The number of benzene rings is 1. The van der Waals surface area contributed by atoms with E-state index in [0.29, 0.717) is 12.5 Å². The van der Waals surface area contributed by atoms with Crippen LogP contribution >= 0.6 is 0 Å². The van der Waals surface area contributed by atoms with E-state index < -0.39 is 17.4 Å². The van der Waals surface area contributed by atoms with Crippen molar-refractivity contribution < 1.29 is 18.6 Å². The van der Waals surface area contributed by atoms with Crippen LogP contribution in [-0.2, 0) is 0 Å². The molecule has 0 heterocycles. The molecule has 1 aliphatic carbocycles. The SMILES string of the molecule is CCC1CCC(COc2ccc(O)c(F)c2F)CC1. The molecule has 0 aromatic heterocycles. The molecule has 1 N–H and O–H groups in total. The lowest BCUT2D eigenvalue weighted by atomic mass is 9.81. The first kappa shape index (κ1) is 14.1. The number of hydrogen-bond acceptors (Lipinski definition) is 2. The van der Waals surface area contributed by atoms with E-state index in [1.165, 1.54) is 25.3 Å². The Morgan fingerprint density at radius 2 is 1.74 bits per heavy atom. The van der Waals surface area contributed by atoms with Crippen LogP contribution in [0.2, 0.25) is 0 Å². The van der Waals surface area contributed by atoms with Gasteiger partial charge in [0.05, 0.1) is 6.61 Å². The van der Waals surface area contributed by atoms with Gasteiger partial charge in [-0.1, -0.05) is 26.2 Å². The van der Waals surface area contributed by atoms with E-state index in [2.05, 4.69) is 6.92 Å². The zero-order valence-corrected chi connectivity index (χ0v) is 11.2. The summed E-state index contributed by atoms with van der Waals surface area (Å²) in [6.07, 6.45) is 5.76. The first-order valence-electron chi connectivity index (χ1n) is 6.91. The normalized spacial score (nSPS) is 23.3. The number of halogens is 2. The smallest absolute Gasteiger partial charge is 0.204 e. The monoisotopic (exact) mass is 270 g/mol. The van der Waals surface area contributed by atoms with Crippen molar-refractivity contribution >= 4 is 0 Å². The zero-order valence-electron chi connectivity index (χ0n) is 11.2. The summed E-state index contributed by atoms with van der Waals surface area (Å²) >= 11 is 0. The highest BCUT2D eigenvalue weighted by molar-refractivity contribution is 5.33. The second kappa shape index (κ2) is 6.22. The Kier molecular flexibility index (Phi) is 4.61. The molecule has 2 nitrogen and oxygen atoms in total. The van der Waals surface area contributed by atoms with Crippen molar-refractivity contribution in [2.75, 3.05) is 6.61 Å². The molecule has 19 heavy (non-hydrogen) atoms. The summed E-state index contributed by atoms with van der Waals surface area (Å²) in [6.45, 7) is 2.62. The molecule has 1 aliphatic rings. The second-order valence-corrected chi connectivity index (χ2v) is 5.32. The molecule has 2 rings (SSSR count). The molecular weight excluding hydrogens is 250 g/mol. The van der Waals surface area contributed by atoms with Crippen molar-refractivity contribution in [2.45, 2.75) is 39.0 Å². The highest BCUT2D eigenvalue weighted by Crippen LogP contribution is 2.32. The van der Waals surface area contributed by atoms with Gasteiger partial charge in [-0.15, -0.1) is 0 Å². The van der Waals surface area contributed by atoms with Gasteiger partial charge < -0.3 is 9.84 Å². The van der Waals surface area contributed by atoms with E-state index in [4.69, 9.17) is 9.84 Å². The van der Waals surface area contributed by atoms with Crippen LogP contribution in [0.1, 0.15) is 39.0 Å². The van der Waals surface area contributed by atoms with Crippen molar-refractivity contribution in [3.63, 3.8) is 0 Å². The fourth-order valence-electron chi connectivity index (χ4n) is 2.65. The van der Waals surface area contributed by atoms with Gasteiger partial charge in [-0.2, -0.15) is 8.78 Å². The van der Waals surface area contributed by atoms with Gasteiger partial charge in [0.1, 0.15) is 0 Å². The Labute approximate surface area is 112 Å². The van der Waals surface area contributed by atoms with Crippen LogP contribution in [-0.4, -0.2) is 11.7 Å². The molecule has 1 aromatic carbocycles. The van der Waals surface area contributed by atoms with Gasteiger partial charge in [0.2, 0.25) is 11.6 Å². The van der Waals surface area contributed by atoms with Crippen LogP contribution in [0.3, 0.4) is 0 Å². The van der Waals surface area contributed by atoms with Crippen LogP contribution in [0.4, 0.5) is 8.78 Å². The van der Waals surface area contributed by atoms with Crippen LogP contribution in [0, 0.1) is 23.5 Å². The third-order valence-corrected chi connectivity index (χ3v) is 4.04. The minimum atomic E-state index is -1.24. The van der Waals surface area contributed by atoms with E-state index in [9.17, 15) is 8.78 Å². The lowest BCUT2D eigenvalue weighted by Gasteiger charge is -2.27. The zero-order chi connectivity index (χ0) is 13.8. The summed E-state index contributed by atoms with van der Waals surface area (Å²) in [4.78, 5) is 0. The fourth-order valence-corrected chi connectivity index (χ4v) is 2.65. The van der Waals surface area contributed by atoms with Gasteiger partial charge >= 0.3 is 0 Å². The summed E-state index contributed by atoms with van der Waals surface area (Å²) in [7, 11) is 0. The van der Waals surface area contributed by atoms with Crippen LogP contribution in [0.25, 0.3) is 0 Å². The number of phenolic OH excluding ortho intramolecular Hbond substituents is 1. The Bertz CT molecular complexity index is 426. The Morgan fingerprint density at radius 3 is 2.37 bits per heavy atom. The van der Waals surface area contributed by atoms with Crippen molar-refractivity contribution in [2.24, 2.45) is 11.8 Å². The minimum absolute atomic E-state index is 0.118. The summed E-state index contributed by atoms with van der Waals surface area (Å²) in [5.41, 5.74) is 0. The molecular formula is C15H20F2O2. The Hall–Kier alpha value is -1.32. The molecule has 4 heteroatoms. The van der Waals surface area contributed by atoms with E-state index in [1.54, 1.807) is 0 Å². The lowest BCUT2D eigenvalue weighted by Crippen LogP contribution is -2.20. The van der Waals surface area contributed by atoms with Gasteiger partial charge in [-0.05, 0) is 36.8 Å². The first-order chi connectivity index (χ1) is 9.11. The van der Waals surface area contributed by atoms with Crippen LogP contribution < -0.4 is 4.74 Å². The quantitative estimate of drug-likeness (QED) is 0.885. The van der Waals surface area contributed by atoms with Gasteiger partial charge in [-0.25, -0.2) is 0 Å². The summed E-state index contributed by atoms with van der Waals surface area (Å²) < 4.78 is 32.0. The van der Waals surface area contributed by atoms with Crippen molar-refractivity contribution in [3.05, 3.63) is 23.8 Å². The van der Waals surface area contributed by atoms with Crippen molar-refractivity contribution in [1.82, 2.24) is 0 Å².